The fourth-order valence-electron chi connectivity index (χ4n) is 14.5. The molecule has 0 aromatic carbocycles. The molecule has 0 aromatic rings. The fourth-order valence-corrected chi connectivity index (χ4v) is 14.5. The lowest BCUT2D eigenvalue weighted by Gasteiger charge is -2.71. The third-order valence-electron chi connectivity index (χ3n) is 18.7. The molecule has 3 saturated carbocycles. The van der Waals surface area contributed by atoms with E-state index >= 15 is 0 Å². The largest absolute Gasteiger partial charge is 0.481 e. The van der Waals surface area contributed by atoms with Crippen molar-refractivity contribution in [1.29, 1.82) is 0 Å². The molecule has 24 atom stereocenters. The molecule has 3 heterocycles. The van der Waals surface area contributed by atoms with Gasteiger partial charge < -0.3 is 89.7 Å². The van der Waals surface area contributed by atoms with Crippen LogP contribution in [0.5, 0.6) is 0 Å². The Balaban J connectivity index is 1.09. The number of allylic oxidation sites excluding steroid dienone is 3. The number of hydrogen-bond donors (Lipinski definition) is 12. The van der Waals surface area contributed by atoms with Crippen molar-refractivity contribution in [3.63, 3.8) is 0 Å². The molecule has 390 valence electrons. The minimum Gasteiger partial charge on any atom is -0.481 e. The molecule has 0 bridgehead atoms. The van der Waals surface area contributed by atoms with Crippen molar-refractivity contribution in [3.05, 3.63) is 22.8 Å². The predicted octanol–water partition coefficient (Wildman–Crippen LogP) is -0.987. The average Bonchev–Trinajstić information content (AvgIpc) is 3.42. The zero-order valence-electron chi connectivity index (χ0n) is 39.9. The van der Waals surface area contributed by atoms with Crippen LogP contribution in [0.4, 0.5) is 0 Å². The molecule has 0 amide bonds. The summed E-state index contributed by atoms with van der Waals surface area (Å²) in [5.74, 6) is -3.39. The highest BCUT2D eigenvalue weighted by Gasteiger charge is 2.69. The molecule has 8 rings (SSSR count). The Morgan fingerprint density at radius 3 is 1.97 bits per heavy atom. The number of aliphatic carboxylic acids is 2. The second-order valence-electron chi connectivity index (χ2n) is 22.6. The van der Waals surface area contributed by atoms with E-state index in [1.165, 1.54) is 6.92 Å². The van der Waals surface area contributed by atoms with Crippen molar-refractivity contribution in [2.24, 2.45) is 38.9 Å². The normalized spacial score (nSPS) is 52.4. The van der Waals surface area contributed by atoms with Crippen molar-refractivity contribution < 1.29 is 104 Å². The SMILES string of the molecule is C[C@@H]1O[C@@H](O[C@H]2[C@H](O[C@H]3[C@H](O[C@H]4CC[C@@]5(C)[C@@H](CC[C@]6(C)[C@@H]5C[C@H](O)C5=C7C[C@](C)(C(=O)O)CC(=O)C=C7CC[C@]56C)[C@@]4(C)CO)O[C@H](C(=O)O)[C@@H](O)[C@@H]3O)O[C@H](CO)[C@@H](O)[C@@H]2O)[C@H](O)[C@H](O)[C@H]1O. The molecule has 0 spiro atoms. The standard InChI is InChI=1S/C48H72O21/c1-19-29(53)31(55)35(59)40(64-19)68-37-32(56)30(54)24(17-49)65-41(37)69-38-34(58)33(57)36(39(60)61)67-42(38)66-27-9-10-45(3)25(46(27,4)18-50)8-12-47(5)26(45)14-23(52)28-22-16-44(2,43(62)63)15-21(51)13-20(22)7-11-48(28,47)6/h13,19,23-27,29-38,40-42,49-50,52-59H,7-12,14-18H2,1-6H3,(H,60,61)(H,62,63)/t19-,23-,24+,25+,26+,27-,29-,30+,31+,32-,33-,34-,35+,36-,37+,38+,40-,41-,42+,44+,45-,46+,47+,48+/m0/s1. The zero-order valence-corrected chi connectivity index (χ0v) is 39.9. The molecule has 12 N–H and O–H groups in total. The Morgan fingerprint density at radius 2 is 1.35 bits per heavy atom. The van der Waals surface area contributed by atoms with Crippen LogP contribution in [0.2, 0.25) is 0 Å². The van der Waals surface area contributed by atoms with Gasteiger partial charge in [-0.15, -0.1) is 0 Å². The topological polar surface area (TPSA) is 349 Å². The van der Waals surface area contributed by atoms with Crippen LogP contribution < -0.4 is 0 Å². The molecular weight excluding hydrogens is 913 g/mol. The number of aliphatic hydroxyl groups is 10. The maximum absolute atomic E-state index is 13.1. The molecule has 0 unspecified atom stereocenters. The Labute approximate surface area is 399 Å². The summed E-state index contributed by atoms with van der Waals surface area (Å²) in [7, 11) is 0. The predicted molar refractivity (Wildman–Crippen MR) is 233 cm³/mol. The van der Waals surface area contributed by atoms with Crippen LogP contribution in [0.15, 0.2) is 22.8 Å². The third kappa shape index (κ3) is 8.37. The first-order valence-electron chi connectivity index (χ1n) is 24.2. The lowest BCUT2D eigenvalue weighted by molar-refractivity contribution is -0.396. The molecule has 0 radical (unpaired) electrons. The Morgan fingerprint density at radius 1 is 0.710 bits per heavy atom. The Kier molecular flexibility index (Phi) is 14.3. The van der Waals surface area contributed by atoms with E-state index in [-0.39, 0.29) is 36.9 Å². The van der Waals surface area contributed by atoms with Crippen molar-refractivity contribution in [2.45, 2.75) is 204 Å². The van der Waals surface area contributed by atoms with Gasteiger partial charge in [0.25, 0.3) is 0 Å². The van der Waals surface area contributed by atoms with Crippen molar-refractivity contribution in [1.82, 2.24) is 0 Å². The van der Waals surface area contributed by atoms with Crippen LogP contribution in [-0.4, -0.2) is 197 Å². The van der Waals surface area contributed by atoms with Gasteiger partial charge in [0, 0.05) is 11.8 Å². The second-order valence-corrected chi connectivity index (χ2v) is 22.6. The third-order valence-corrected chi connectivity index (χ3v) is 18.7. The summed E-state index contributed by atoms with van der Waals surface area (Å²) in [6.07, 6.45) is -23.9. The summed E-state index contributed by atoms with van der Waals surface area (Å²) < 4.78 is 36.0. The van der Waals surface area contributed by atoms with Crippen LogP contribution in [0.1, 0.15) is 99.3 Å². The molecular formula is C48H72O21. The number of aliphatic hydroxyl groups excluding tert-OH is 10. The van der Waals surface area contributed by atoms with Crippen LogP contribution in [0.25, 0.3) is 0 Å². The number of hydrogen-bond acceptors (Lipinski definition) is 19. The van der Waals surface area contributed by atoms with Crippen LogP contribution in [-0.2, 0) is 42.8 Å². The number of ether oxygens (including phenoxy) is 6. The van der Waals surface area contributed by atoms with Crippen molar-refractivity contribution in [2.75, 3.05) is 13.2 Å². The van der Waals surface area contributed by atoms with Gasteiger partial charge in [-0.2, -0.15) is 0 Å². The number of rotatable bonds is 10. The van der Waals surface area contributed by atoms with E-state index < -0.39 is 157 Å². The summed E-state index contributed by atoms with van der Waals surface area (Å²) in [6, 6.07) is 0. The lowest BCUT2D eigenvalue weighted by atomic mass is 9.34. The van der Waals surface area contributed by atoms with E-state index in [4.69, 9.17) is 28.4 Å². The van der Waals surface area contributed by atoms with E-state index in [0.29, 0.717) is 38.5 Å². The van der Waals surface area contributed by atoms with Crippen LogP contribution in [0.3, 0.4) is 0 Å². The highest BCUT2D eigenvalue weighted by atomic mass is 16.8. The van der Waals surface area contributed by atoms with E-state index in [1.54, 1.807) is 13.0 Å². The van der Waals surface area contributed by atoms with Crippen molar-refractivity contribution in [3.8, 4) is 0 Å². The summed E-state index contributed by atoms with van der Waals surface area (Å²) in [6.45, 7) is 10.1. The molecule has 21 nitrogen and oxygen atoms in total. The Hall–Kier alpha value is -2.55. The lowest BCUT2D eigenvalue weighted by Crippen LogP contribution is -2.68. The van der Waals surface area contributed by atoms with Gasteiger partial charge in [-0.25, -0.2) is 4.79 Å². The maximum atomic E-state index is 13.1. The number of carbonyl (C=O) groups is 3. The molecule has 69 heavy (non-hydrogen) atoms. The summed E-state index contributed by atoms with van der Waals surface area (Å²) in [5, 5.41) is 131. The van der Waals surface area contributed by atoms with Gasteiger partial charge in [-0.1, -0.05) is 27.7 Å². The smallest absolute Gasteiger partial charge is 0.335 e. The summed E-state index contributed by atoms with van der Waals surface area (Å²) in [5.41, 5.74) is -1.65. The fraction of sp³-hybridized carbons (Fsp3) is 0.854. The summed E-state index contributed by atoms with van der Waals surface area (Å²) in [4.78, 5) is 38.2. The van der Waals surface area contributed by atoms with Gasteiger partial charge in [0.15, 0.2) is 30.8 Å². The van der Waals surface area contributed by atoms with E-state index in [1.807, 2.05) is 6.92 Å². The number of carbonyl (C=O) groups excluding carboxylic acids is 1. The van der Waals surface area contributed by atoms with Gasteiger partial charge in [0.05, 0.1) is 36.9 Å². The van der Waals surface area contributed by atoms with E-state index in [0.717, 1.165) is 16.7 Å². The first-order valence-corrected chi connectivity index (χ1v) is 24.2. The molecule has 3 aliphatic heterocycles. The average molecular weight is 985 g/mol. The highest BCUT2D eigenvalue weighted by Crippen LogP contribution is 2.74. The molecule has 21 heteroatoms. The van der Waals surface area contributed by atoms with Gasteiger partial charge in [0.2, 0.25) is 0 Å². The molecule has 6 fully saturated rings. The van der Waals surface area contributed by atoms with Gasteiger partial charge in [-0.05, 0) is 116 Å². The first kappa shape index (κ1) is 52.8. The van der Waals surface area contributed by atoms with Gasteiger partial charge in [-0.3, -0.25) is 9.59 Å². The monoisotopic (exact) mass is 984 g/mol. The number of ketones is 1. The second kappa shape index (κ2) is 18.7. The number of carboxylic acid groups (broad SMARTS) is 2. The molecule has 8 aliphatic rings. The minimum atomic E-state index is -2.13. The van der Waals surface area contributed by atoms with E-state index in [2.05, 4.69) is 20.8 Å². The zero-order chi connectivity index (χ0) is 50.7. The van der Waals surface area contributed by atoms with Crippen LogP contribution >= 0.6 is 0 Å². The Bertz CT molecular complexity index is 2050. The number of fused-ring (bicyclic) bond motifs is 6. The minimum absolute atomic E-state index is 0.115. The number of carboxylic acids is 2. The summed E-state index contributed by atoms with van der Waals surface area (Å²) >= 11 is 0. The molecule has 5 aliphatic carbocycles. The van der Waals surface area contributed by atoms with Crippen LogP contribution in [0, 0.1) is 38.9 Å². The highest BCUT2D eigenvalue weighted by molar-refractivity contribution is 5.96. The maximum Gasteiger partial charge on any atom is 0.335 e. The van der Waals surface area contributed by atoms with Gasteiger partial charge in [0.1, 0.15) is 61.0 Å². The van der Waals surface area contributed by atoms with Crippen molar-refractivity contribution >= 4 is 17.7 Å². The first-order chi connectivity index (χ1) is 32.2. The molecule has 0 aromatic heterocycles. The van der Waals surface area contributed by atoms with E-state index in [9.17, 15) is 75.7 Å². The quantitative estimate of drug-likeness (QED) is 0.117. The molecule has 3 saturated heterocycles. The van der Waals surface area contributed by atoms with Gasteiger partial charge >= 0.3 is 11.9 Å².